The van der Waals surface area contributed by atoms with Crippen molar-refractivity contribution in [3.8, 4) is 0 Å². The first-order chi connectivity index (χ1) is 29.4. The topological polar surface area (TPSA) is 218 Å². The lowest BCUT2D eigenvalue weighted by molar-refractivity contribution is -0.161. The van der Waals surface area contributed by atoms with E-state index in [9.17, 15) is 28.9 Å². The Labute approximate surface area is 369 Å². The number of rotatable bonds is 39. The van der Waals surface area contributed by atoms with Gasteiger partial charge in [-0.25, -0.2) is 4.57 Å². The second-order valence-corrected chi connectivity index (χ2v) is 16.7. The highest BCUT2D eigenvalue weighted by Crippen LogP contribution is 2.43. The maximum Gasteiger partial charge on any atom is 0.472 e. The standard InChI is InChI=1S/C46H75N2O11PS/c1-3-5-7-9-11-13-15-17-18-19-21-23-25-27-29-34-45(52)59-40(38-58-60(54,55)57-36-35-47)37-56-46(53)41(48)39-61-43(42(49)31-30-33-44(50)51)32-28-26-24-22-20-16-14-12-10-8-6-4-2/h5,7,11-14,17-18,20-24,26,28,32,40-43,49H,3-4,6,8-10,15-16,19,25,27,29-31,33-39,47-48H2,1-2H3,(H,50,51)(H,54,55)/b7-5-,13-11-,14-12-,18-17-,22-20-,23-21-,26-24+,32-28+/t40-,41+,42+,43-/m1/s1. The molecule has 0 aliphatic carbocycles. The number of hydrogen-bond acceptors (Lipinski definition) is 12. The van der Waals surface area contributed by atoms with E-state index < -0.39 is 62.4 Å². The number of aliphatic hydroxyl groups excluding tert-OH is 1. The summed E-state index contributed by atoms with van der Waals surface area (Å²) in [7, 11) is -4.53. The molecule has 61 heavy (non-hydrogen) atoms. The van der Waals surface area contributed by atoms with E-state index in [0.29, 0.717) is 6.42 Å². The Kier molecular flexibility index (Phi) is 38.5. The SMILES string of the molecule is CC/C=C\C/C=C\C/C=C\C/C=C\CCCCC(=O)O[C@H](COC(=O)[C@@H](N)CS[C@H](/C=C/C=C/C=C\C/C=C\CCCCC)[C@@H](O)CCCC(=O)O)COP(=O)(O)OCCN. The van der Waals surface area contributed by atoms with E-state index in [0.717, 1.165) is 51.4 Å². The molecule has 0 bridgehead atoms. The van der Waals surface area contributed by atoms with Crippen LogP contribution in [0.5, 0.6) is 0 Å². The summed E-state index contributed by atoms with van der Waals surface area (Å²) in [5.41, 5.74) is 11.5. The molecule has 0 aliphatic rings. The molecule has 346 valence electrons. The summed E-state index contributed by atoms with van der Waals surface area (Å²) < 4.78 is 32.8. The van der Waals surface area contributed by atoms with Gasteiger partial charge < -0.3 is 36.0 Å². The number of hydrogen-bond donors (Lipinski definition) is 5. The minimum atomic E-state index is -4.53. The summed E-state index contributed by atoms with van der Waals surface area (Å²) in [5, 5.41) is 19.4. The molecule has 0 radical (unpaired) electrons. The first-order valence-electron chi connectivity index (χ1n) is 21.7. The average Bonchev–Trinajstić information content (AvgIpc) is 3.23. The smallest absolute Gasteiger partial charge is 0.472 e. The number of carbonyl (C=O) groups is 3. The monoisotopic (exact) mass is 894 g/mol. The second-order valence-electron chi connectivity index (χ2n) is 14.0. The quantitative estimate of drug-likeness (QED) is 0.0128. The third-order valence-corrected chi connectivity index (χ3v) is 10.8. The van der Waals surface area contributed by atoms with Gasteiger partial charge in [0.1, 0.15) is 12.6 Å². The van der Waals surface area contributed by atoms with Crippen molar-refractivity contribution in [3.63, 3.8) is 0 Å². The fraction of sp³-hybridized carbons (Fsp3) is 0.587. The Balaban J connectivity index is 5.17. The lowest BCUT2D eigenvalue weighted by Crippen LogP contribution is -2.38. The second kappa shape index (κ2) is 40.7. The summed E-state index contributed by atoms with van der Waals surface area (Å²) >= 11 is 1.21. The Morgan fingerprint density at radius 1 is 0.738 bits per heavy atom. The Bertz CT molecular complexity index is 1440. The predicted molar refractivity (Wildman–Crippen MR) is 248 cm³/mol. The number of nitrogens with two attached hydrogens (primary N) is 2. The molecule has 0 rings (SSSR count). The van der Waals surface area contributed by atoms with Crippen LogP contribution in [0, 0.1) is 0 Å². The van der Waals surface area contributed by atoms with Gasteiger partial charge in [-0.05, 0) is 77.0 Å². The molecule has 15 heteroatoms. The number of phosphoric ester groups is 1. The van der Waals surface area contributed by atoms with Crippen LogP contribution in [-0.2, 0) is 37.5 Å². The number of carboxylic acids is 1. The van der Waals surface area contributed by atoms with E-state index in [4.69, 9.17) is 35.1 Å². The molecule has 0 saturated carbocycles. The van der Waals surface area contributed by atoms with E-state index >= 15 is 0 Å². The fourth-order valence-corrected chi connectivity index (χ4v) is 7.01. The van der Waals surface area contributed by atoms with Gasteiger partial charge in [0.2, 0.25) is 0 Å². The summed E-state index contributed by atoms with van der Waals surface area (Å²) in [6.45, 7) is 2.92. The van der Waals surface area contributed by atoms with Crippen LogP contribution in [0.25, 0.3) is 0 Å². The van der Waals surface area contributed by atoms with Crippen LogP contribution in [0.15, 0.2) is 97.2 Å². The zero-order chi connectivity index (χ0) is 45.2. The average molecular weight is 895 g/mol. The van der Waals surface area contributed by atoms with E-state index in [2.05, 4.69) is 74.6 Å². The Morgan fingerprint density at radius 2 is 1.34 bits per heavy atom. The summed E-state index contributed by atoms with van der Waals surface area (Å²) in [5.74, 6) is -2.35. The van der Waals surface area contributed by atoms with Gasteiger partial charge in [-0.15, -0.1) is 11.8 Å². The number of allylic oxidation sites excluding steroid dienone is 15. The van der Waals surface area contributed by atoms with Gasteiger partial charge in [0.05, 0.1) is 19.3 Å². The molecule has 7 N–H and O–H groups in total. The number of esters is 2. The number of carboxylic acid groups (broad SMARTS) is 1. The molecule has 0 saturated heterocycles. The molecule has 0 fully saturated rings. The maximum atomic E-state index is 12.9. The number of carbonyl (C=O) groups excluding carboxylic acids is 2. The maximum absolute atomic E-state index is 12.9. The largest absolute Gasteiger partial charge is 0.481 e. The zero-order valence-corrected chi connectivity index (χ0v) is 38.2. The summed E-state index contributed by atoms with van der Waals surface area (Å²) in [4.78, 5) is 46.6. The van der Waals surface area contributed by atoms with Crippen molar-refractivity contribution in [2.75, 3.05) is 32.1 Å². The van der Waals surface area contributed by atoms with Gasteiger partial charge in [-0.3, -0.25) is 23.4 Å². The molecular formula is C46H75N2O11PS. The van der Waals surface area contributed by atoms with E-state index in [1.807, 2.05) is 24.3 Å². The van der Waals surface area contributed by atoms with Crippen LogP contribution in [0.1, 0.15) is 117 Å². The predicted octanol–water partition coefficient (Wildman–Crippen LogP) is 9.14. The highest BCUT2D eigenvalue weighted by Gasteiger charge is 2.27. The van der Waals surface area contributed by atoms with Gasteiger partial charge in [-0.1, -0.05) is 124 Å². The molecule has 0 aromatic rings. The number of ether oxygens (including phenoxy) is 2. The first kappa shape index (κ1) is 57.7. The van der Waals surface area contributed by atoms with Crippen LogP contribution >= 0.6 is 19.6 Å². The van der Waals surface area contributed by atoms with Gasteiger partial charge in [0.15, 0.2) is 6.10 Å². The molecule has 0 aromatic carbocycles. The molecule has 13 nitrogen and oxygen atoms in total. The van der Waals surface area contributed by atoms with Crippen molar-refractivity contribution < 1.29 is 52.6 Å². The minimum Gasteiger partial charge on any atom is -0.481 e. The van der Waals surface area contributed by atoms with Crippen LogP contribution in [-0.4, -0.2) is 88.6 Å². The van der Waals surface area contributed by atoms with Crippen LogP contribution in [0.3, 0.4) is 0 Å². The molecule has 0 spiro atoms. The number of phosphoric acid groups is 1. The summed E-state index contributed by atoms with van der Waals surface area (Å²) in [6.07, 6.45) is 42.0. The Morgan fingerprint density at radius 3 is 1.97 bits per heavy atom. The van der Waals surface area contributed by atoms with Crippen molar-refractivity contribution in [1.29, 1.82) is 0 Å². The highest BCUT2D eigenvalue weighted by molar-refractivity contribution is 8.00. The van der Waals surface area contributed by atoms with Crippen molar-refractivity contribution >= 4 is 37.5 Å². The fourth-order valence-electron chi connectivity index (χ4n) is 5.12. The lowest BCUT2D eigenvalue weighted by Gasteiger charge is -2.22. The van der Waals surface area contributed by atoms with Crippen LogP contribution in [0.2, 0.25) is 0 Å². The summed E-state index contributed by atoms with van der Waals surface area (Å²) in [6, 6.07) is -1.15. The molecule has 1 unspecified atom stereocenters. The van der Waals surface area contributed by atoms with Crippen molar-refractivity contribution in [2.45, 2.75) is 140 Å². The molecule has 0 aliphatic heterocycles. The van der Waals surface area contributed by atoms with E-state index in [1.54, 1.807) is 12.2 Å². The first-order valence-corrected chi connectivity index (χ1v) is 24.2. The van der Waals surface area contributed by atoms with Crippen molar-refractivity contribution in [2.24, 2.45) is 11.5 Å². The normalized spacial score (nSPS) is 15.6. The minimum absolute atomic E-state index is 0.0256. The van der Waals surface area contributed by atoms with Crippen LogP contribution in [0.4, 0.5) is 0 Å². The zero-order valence-electron chi connectivity index (χ0n) is 36.5. The molecule has 0 aromatic heterocycles. The lowest BCUT2D eigenvalue weighted by atomic mass is 10.1. The number of unbranched alkanes of at least 4 members (excludes halogenated alkanes) is 5. The third kappa shape index (κ3) is 38.1. The van der Waals surface area contributed by atoms with Crippen molar-refractivity contribution in [3.05, 3.63) is 97.2 Å². The number of aliphatic hydroxyl groups is 1. The van der Waals surface area contributed by atoms with E-state index in [-0.39, 0.29) is 44.6 Å². The molecule has 5 atom stereocenters. The highest BCUT2D eigenvalue weighted by atomic mass is 32.2. The molecule has 0 heterocycles. The van der Waals surface area contributed by atoms with Crippen LogP contribution < -0.4 is 11.5 Å². The molecule has 0 amide bonds. The van der Waals surface area contributed by atoms with Gasteiger partial charge >= 0.3 is 25.7 Å². The van der Waals surface area contributed by atoms with Gasteiger partial charge in [0.25, 0.3) is 0 Å². The number of thioether (sulfide) groups is 1. The Hall–Kier alpha value is -3.33. The van der Waals surface area contributed by atoms with Gasteiger partial charge in [0, 0.05) is 30.4 Å². The third-order valence-electron chi connectivity index (χ3n) is 8.45. The van der Waals surface area contributed by atoms with E-state index in [1.165, 1.54) is 31.0 Å². The molecular weight excluding hydrogens is 820 g/mol. The van der Waals surface area contributed by atoms with Gasteiger partial charge in [-0.2, -0.15) is 0 Å². The number of aliphatic carboxylic acids is 1. The van der Waals surface area contributed by atoms with Crippen molar-refractivity contribution in [1.82, 2.24) is 0 Å².